The van der Waals surface area contributed by atoms with Crippen LogP contribution in [0.5, 0.6) is 0 Å². The number of carbonyl (C=O) groups excluding carboxylic acids is 1. The van der Waals surface area contributed by atoms with Crippen LogP contribution in [0.15, 0.2) is 77.8 Å². The molecule has 0 aliphatic heterocycles. The smallest absolute Gasteiger partial charge is 0.416 e. The van der Waals surface area contributed by atoms with Crippen molar-refractivity contribution in [3.05, 3.63) is 101 Å². The van der Waals surface area contributed by atoms with Gasteiger partial charge in [-0.05, 0) is 84.8 Å². The average molecular weight is 731 g/mol. The van der Waals surface area contributed by atoms with E-state index in [2.05, 4.69) is 21.7 Å². The number of aliphatic carboxylic acids is 1. The number of hydrogen-bond donors (Lipinski definition) is 4. The number of nitrogens with one attached hydrogen (secondary N) is 2. The van der Waals surface area contributed by atoms with E-state index in [0.29, 0.717) is 17.7 Å². The Morgan fingerprint density at radius 1 is 0.843 bits per heavy atom. The summed E-state index contributed by atoms with van der Waals surface area (Å²) in [7, 11) is 0. The first kappa shape index (κ1) is 38.7. The lowest BCUT2D eigenvalue weighted by atomic mass is 9.93. The molecule has 0 saturated heterocycles. The number of carbonyl (C=O) groups is 2. The molecule has 1 amide bonds. The minimum atomic E-state index is -5.23. The van der Waals surface area contributed by atoms with E-state index in [9.17, 15) is 54.2 Å². The van der Waals surface area contributed by atoms with Crippen molar-refractivity contribution >= 4 is 34.8 Å². The second-order valence-corrected chi connectivity index (χ2v) is 11.5. The Morgan fingerprint density at radius 3 is 1.96 bits per heavy atom. The van der Waals surface area contributed by atoms with Crippen molar-refractivity contribution < 1.29 is 59.3 Å². The topological polar surface area (TPSA) is 114 Å². The molecule has 4 rings (SSSR count). The summed E-state index contributed by atoms with van der Waals surface area (Å²) in [6.45, 7) is -2.79. The van der Waals surface area contributed by atoms with Crippen LogP contribution in [0.3, 0.4) is 0 Å². The third-order valence-electron chi connectivity index (χ3n) is 7.65. The Kier molecular flexibility index (Phi) is 12.1. The molecular formula is C34H31F9N4O4. The molecule has 1 aliphatic rings. The van der Waals surface area contributed by atoms with E-state index in [1.54, 1.807) is 12.1 Å². The van der Waals surface area contributed by atoms with Crippen molar-refractivity contribution in [2.45, 2.75) is 56.9 Å². The molecule has 0 fully saturated rings. The Morgan fingerprint density at radius 2 is 1.45 bits per heavy atom. The first-order chi connectivity index (χ1) is 23.8. The highest BCUT2D eigenvalue weighted by molar-refractivity contribution is 6.05. The van der Waals surface area contributed by atoms with Gasteiger partial charge in [0.1, 0.15) is 6.54 Å². The van der Waals surface area contributed by atoms with Gasteiger partial charge in [-0.25, -0.2) is 9.79 Å². The first-order valence-corrected chi connectivity index (χ1v) is 15.3. The van der Waals surface area contributed by atoms with Gasteiger partial charge in [-0.1, -0.05) is 30.3 Å². The third-order valence-corrected chi connectivity index (χ3v) is 7.65. The molecular weight excluding hydrogens is 699 g/mol. The highest BCUT2D eigenvalue weighted by Crippen LogP contribution is 2.38. The lowest BCUT2D eigenvalue weighted by Crippen LogP contribution is -2.37. The zero-order valence-corrected chi connectivity index (χ0v) is 26.5. The summed E-state index contributed by atoms with van der Waals surface area (Å²) in [6.07, 6.45) is -11.6. The lowest BCUT2D eigenvalue weighted by molar-refractivity contribution is -0.146. The molecule has 3 aromatic rings. The maximum atomic E-state index is 13.6. The normalized spacial score (nSPS) is 14.8. The van der Waals surface area contributed by atoms with Gasteiger partial charge in [0.15, 0.2) is 6.10 Å². The van der Waals surface area contributed by atoms with Crippen LogP contribution in [-0.4, -0.2) is 53.4 Å². The fraction of sp³-hybridized carbons (Fsp3) is 0.324. The summed E-state index contributed by atoms with van der Waals surface area (Å²) in [6, 6.07) is 12.3. The van der Waals surface area contributed by atoms with Crippen molar-refractivity contribution in [1.29, 1.82) is 0 Å². The van der Waals surface area contributed by atoms with Crippen LogP contribution >= 0.6 is 0 Å². The number of benzene rings is 3. The number of alkyl halides is 9. The number of halogens is 9. The van der Waals surface area contributed by atoms with Crippen LogP contribution in [0.25, 0.3) is 5.57 Å². The zero-order chi connectivity index (χ0) is 37.6. The SMILES string of the molecule is O=C(NC[C@@H](O)C(=O)O)c1ccc(CN(/C(=N\CC(F)(F)F)Nc2cc(C(F)(F)F)cc(C(F)(F)F)c2)c2ccc(C3=CCCCC3)cc2)cc1. The second-order valence-electron chi connectivity index (χ2n) is 11.5. The van der Waals surface area contributed by atoms with Gasteiger partial charge in [-0.2, -0.15) is 39.5 Å². The predicted octanol–water partition coefficient (Wildman–Crippen LogP) is 7.89. The Balaban J connectivity index is 1.77. The molecule has 0 unspecified atom stereocenters. The molecule has 0 radical (unpaired) electrons. The summed E-state index contributed by atoms with van der Waals surface area (Å²) < 4.78 is 122. The van der Waals surface area contributed by atoms with Crippen LogP contribution in [-0.2, 0) is 23.7 Å². The number of carboxylic acids is 1. The fourth-order valence-corrected chi connectivity index (χ4v) is 5.08. The Bertz CT molecular complexity index is 1720. The van der Waals surface area contributed by atoms with Gasteiger partial charge in [-0.3, -0.25) is 4.79 Å². The van der Waals surface area contributed by atoms with Gasteiger partial charge >= 0.3 is 24.5 Å². The third kappa shape index (κ3) is 11.2. The monoisotopic (exact) mass is 730 g/mol. The van der Waals surface area contributed by atoms with E-state index in [0.717, 1.165) is 41.7 Å². The standard InChI is InChI=1S/C34H31F9N4O4/c35-32(36,37)19-45-31(46-26-15-24(33(38,39)40)14-25(16-26)34(41,42)43)47(27-12-10-22(11-13-27)21-4-2-1-3-5-21)18-20-6-8-23(9-7-20)29(49)44-17-28(48)30(50)51/h4,6-16,28,48H,1-3,5,17-19H2,(H,44,49)(H,45,46)(H,50,51)/t28-/m1/s1. The number of aliphatic hydroxyl groups excluding tert-OH is 1. The van der Waals surface area contributed by atoms with Crippen molar-refractivity contribution in [3.63, 3.8) is 0 Å². The van der Waals surface area contributed by atoms with Crippen molar-refractivity contribution in [3.8, 4) is 0 Å². The second kappa shape index (κ2) is 15.9. The number of allylic oxidation sites excluding steroid dienone is 2. The van der Waals surface area contributed by atoms with E-state index in [1.165, 1.54) is 36.4 Å². The number of guanidine groups is 1. The lowest BCUT2D eigenvalue weighted by Gasteiger charge is -2.28. The molecule has 4 N–H and O–H groups in total. The minimum absolute atomic E-state index is 0.0146. The number of aliphatic hydroxyl groups is 1. The molecule has 51 heavy (non-hydrogen) atoms. The number of carboxylic acid groups (broad SMARTS) is 1. The van der Waals surface area contributed by atoms with Crippen LogP contribution in [0.2, 0.25) is 0 Å². The number of amides is 1. The van der Waals surface area contributed by atoms with Gasteiger partial charge in [-0.15, -0.1) is 0 Å². The fourth-order valence-electron chi connectivity index (χ4n) is 5.08. The van der Waals surface area contributed by atoms with Gasteiger partial charge in [0, 0.05) is 16.9 Å². The highest BCUT2D eigenvalue weighted by Gasteiger charge is 2.37. The van der Waals surface area contributed by atoms with E-state index in [4.69, 9.17) is 5.11 Å². The van der Waals surface area contributed by atoms with Crippen LogP contribution < -0.4 is 15.5 Å². The number of anilines is 2. The molecule has 17 heteroatoms. The number of hydrogen-bond acceptors (Lipinski definition) is 4. The molecule has 3 aromatic carbocycles. The van der Waals surface area contributed by atoms with Gasteiger partial charge < -0.3 is 25.7 Å². The summed E-state index contributed by atoms with van der Waals surface area (Å²) in [5.41, 5.74) is -1.86. The summed E-state index contributed by atoms with van der Waals surface area (Å²) in [5.74, 6) is -3.05. The van der Waals surface area contributed by atoms with Crippen molar-refractivity contribution in [2.24, 2.45) is 4.99 Å². The molecule has 0 bridgehead atoms. The largest absolute Gasteiger partial charge is 0.479 e. The highest BCUT2D eigenvalue weighted by atomic mass is 19.4. The number of rotatable bonds is 10. The Hall–Kier alpha value is -5.06. The van der Waals surface area contributed by atoms with E-state index >= 15 is 0 Å². The number of aliphatic imine (C=N–C) groups is 1. The van der Waals surface area contributed by atoms with Crippen LogP contribution in [0.1, 0.15) is 58.3 Å². The van der Waals surface area contributed by atoms with Crippen LogP contribution in [0, 0.1) is 0 Å². The zero-order valence-electron chi connectivity index (χ0n) is 26.5. The first-order valence-electron chi connectivity index (χ1n) is 15.3. The average Bonchev–Trinajstić information content (AvgIpc) is 3.07. The van der Waals surface area contributed by atoms with Gasteiger partial charge in [0.25, 0.3) is 5.91 Å². The maximum absolute atomic E-state index is 13.6. The molecule has 0 saturated carbocycles. The quantitative estimate of drug-likeness (QED) is 0.0959. The summed E-state index contributed by atoms with van der Waals surface area (Å²) in [5, 5.41) is 22.7. The van der Waals surface area contributed by atoms with Crippen molar-refractivity contribution in [2.75, 3.05) is 23.3 Å². The van der Waals surface area contributed by atoms with E-state index < -0.39 is 72.4 Å². The molecule has 0 spiro atoms. The Labute approximate surface area is 285 Å². The van der Waals surface area contributed by atoms with Crippen molar-refractivity contribution in [1.82, 2.24) is 5.32 Å². The summed E-state index contributed by atoms with van der Waals surface area (Å²) >= 11 is 0. The summed E-state index contributed by atoms with van der Waals surface area (Å²) in [4.78, 5) is 28.0. The molecule has 0 heterocycles. The van der Waals surface area contributed by atoms with E-state index in [1.807, 2.05) is 0 Å². The molecule has 0 aromatic heterocycles. The minimum Gasteiger partial charge on any atom is -0.479 e. The molecule has 1 aliphatic carbocycles. The molecule has 1 atom stereocenters. The number of nitrogens with zero attached hydrogens (tertiary/aromatic N) is 2. The van der Waals surface area contributed by atoms with E-state index in [-0.39, 0.29) is 23.9 Å². The van der Waals surface area contributed by atoms with Gasteiger partial charge in [0.05, 0.1) is 24.2 Å². The predicted molar refractivity (Wildman–Crippen MR) is 170 cm³/mol. The van der Waals surface area contributed by atoms with Gasteiger partial charge in [0.2, 0.25) is 5.96 Å². The van der Waals surface area contributed by atoms with Crippen LogP contribution in [0.4, 0.5) is 50.9 Å². The molecule has 274 valence electrons. The maximum Gasteiger partial charge on any atom is 0.416 e. The molecule has 8 nitrogen and oxygen atoms in total.